The Balaban J connectivity index is 1.76. The van der Waals surface area contributed by atoms with Gasteiger partial charge in [0.15, 0.2) is 5.75 Å². The van der Waals surface area contributed by atoms with Gasteiger partial charge in [-0.2, -0.15) is 8.42 Å². The highest BCUT2D eigenvalue weighted by Crippen LogP contribution is 2.35. The first-order valence-corrected chi connectivity index (χ1v) is 11.9. The van der Waals surface area contributed by atoms with Gasteiger partial charge in [-0.25, -0.2) is 0 Å². The fourth-order valence-corrected chi connectivity index (χ4v) is 5.10. The molecule has 0 bridgehead atoms. The molecule has 1 fully saturated rings. The maximum atomic E-state index is 12.9. The zero-order valence-corrected chi connectivity index (χ0v) is 19.1. The molecule has 0 aromatic heterocycles. The molecule has 0 atom stereocenters. The monoisotopic (exact) mass is 484 g/mol. The molecule has 4 rings (SSSR count). The summed E-state index contributed by atoms with van der Waals surface area (Å²) in [6, 6.07) is 16.3. The van der Waals surface area contributed by atoms with Crippen LogP contribution in [0, 0.1) is 0 Å². The molecule has 0 radical (unpaired) electrons. The van der Waals surface area contributed by atoms with Gasteiger partial charge in [0.1, 0.15) is 9.22 Å². The second-order valence-corrected chi connectivity index (χ2v) is 10.1. The van der Waals surface area contributed by atoms with Crippen molar-refractivity contribution in [3.63, 3.8) is 0 Å². The second kappa shape index (κ2) is 8.73. The van der Waals surface area contributed by atoms with Crippen LogP contribution in [0.2, 0.25) is 0 Å². The highest BCUT2D eigenvalue weighted by Gasteiger charge is 2.24. The van der Waals surface area contributed by atoms with Gasteiger partial charge in [0.2, 0.25) is 5.91 Å². The van der Waals surface area contributed by atoms with Crippen molar-refractivity contribution in [2.45, 2.75) is 11.8 Å². The van der Waals surface area contributed by atoms with Crippen molar-refractivity contribution in [3.05, 3.63) is 71.1 Å². The third-order valence-electron chi connectivity index (χ3n) is 4.51. The van der Waals surface area contributed by atoms with Crippen LogP contribution in [0.25, 0.3) is 16.8 Å². The van der Waals surface area contributed by atoms with Crippen molar-refractivity contribution in [1.29, 1.82) is 0 Å². The predicted octanol–water partition coefficient (Wildman–Crippen LogP) is 4.05. The molecular formula is C22H16N2O5S3. The summed E-state index contributed by atoms with van der Waals surface area (Å²) in [6.45, 7) is 1.36. The average Bonchev–Trinajstić information content (AvgIpc) is 3.06. The minimum Gasteiger partial charge on any atom is -0.378 e. The molecule has 32 heavy (non-hydrogen) atoms. The summed E-state index contributed by atoms with van der Waals surface area (Å²) >= 11 is 6.14. The number of fused-ring (bicyclic) bond motifs is 1. The van der Waals surface area contributed by atoms with E-state index in [0.717, 1.165) is 22.5 Å². The Morgan fingerprint density at radius 2 is 1.81 bits per heavy atom. The molecule has 3 aromatic rings. The standard InChI is InChI=1S/C22H16N2O5S3/c1-13(25)23-15-7-9-16(10-8-15)32(27,28)29-19-11-6-14-4-2-3-5-17(14)18(19)12-20-21(26)24-22(30)31-20/h2-12H,1H3,(H,23,25)(H,24,26,30)/b20-12+. The zero-order chi connectivity index (χ0) is 22.9. The summed E-state index contributed by atoms with van der Waals surface area (Å²) in [5.74, 6) is -0.539. The number of amides is 2. The number of anilines is 1. The van der Waals surface area contributed by atoms with Gasteiger partial charge in [-0.3, -0.25) is 9.59 Å². The van der Waals surface area contributed by atoms with Crippen molar-refractivity contribution in [2.75, 3.05) is 5.32 Å². The van der Waals surface area contributed by atoms with Crippen LogP contribution in [0.15, 0.2) is 70.5 Å². The van der Waals surface area contributed by atoms with Crippen LogP contribution in [-0.4, -0.2) is 24.6 Å². The summed E-state index contributed by atoms with van der Waals surface area (Å²) in [6.07, 6.45) is 1.58. The van der Waals surface area contributed by atoms with Crippen molar-refractivity contribution in [1.82, 2.24) is 5.32 Å². The molecule has 1 saturated heterocycles. The fourth-order valence-electron chi connectivity index (χ4n) is 3.12. The molecule has 162 valence electrons. The third-order valence-corrected chi connectivity index (χ3v) is 6.92. The van der Waals surface area contributed by atoms with Crippen molar-refractivity contribution in [2.24, 2.45) is 0 Å². The van der Waals surface area contributed by atoms with E-state index in [1.807, 2.05) is 24.3 Å². The lowest BCUT2D eigenvalue weighted by molar-refractivity contribution is -0.115. The lowest BCUT2D eigenvalue weighted by atomic mass is 10.0. The summed E-state index contributed by atoms with van der Waals surface area (Å²) in [4.78, 5) is 23.6. The van der Waals surface area contributed by atoms with E-state index in [2.05, 4.69) is 10.6 Å². The lowest BCUT2D eigenvalue weighted by Gasteiger charge is -2.13. The summed E-state index contributed by atoms with van der Waals surface area (Å²) in [5, 5.41) is 6.70. The maximum absolute atomic E-state index is 12.9. The molecule has 2 N–H and O–H groups in total. The number of carbonyl (C=O) groups is 2. The van der Waals surface area contributed by atoms with Gasteiger partial charge < -0.3 is 14.8 Å². The minimum absolute atomic E-state index is 0.0764. The van der Waals surface area contributed by atoms with Crippen LogP contribution in [0.1, 0.15) is 12.5 Å². The minimum atomic E-state index is -4.18. The number of thioether (sulfide) groups is 1. The first kappa shape index (κ1) is 22.0. The molecule has 2 amide bonds. The Labute approximate surface area is 194 Å². The first-order chi connectivity index (χ1) is 15.2. The third kappa shape index (κ3) is 4.67. The zero-order valence-electron chi connectivity index (χ0n) is 16.6. The predicted molar refractivity (Wildman–Crippen MR) is 129 cm³/mol. The smallest absolute Gasteiger partial charge is 0.339 e. The molecule has 0 saturated carbocycles. The largest absolute Gasteiger partial charge is 0.378 e. The van der Waals surface area contributed by atoms with Crippen LogP contribution < -0.4 is 14.8 Å². The van der Waals surface area contributed by atoms with Crippen LogP contribution in [0.4, 0.5) is 5.69 Å². The Morgan fingerprint density at radius 1 is 1.09 bits per heavy atom. The average molecular weight is 485 g/mol. The van der Waals surface area contributed by atoms with E-state index in [9.17, 15) is 18.0 Å². The fraction of sp³-hybridized carbons (Fsp3) is 0.0455. The Bertz CT molecular complexity index is 1400. The van der Waals surface area contributed by atoms with Gasteiger partial charge in [0.25, 0.3) is 5.91 Å². The van der Waals surface area contributed by atoms with E-state index >= 15 is 0 Å². The number of hydrogen-bond donors (Lipinski definition) is 2. The number of benzene rings is 3. The number of hydrogen-bond acceptors (Lipinski definition) is 7. The van der Waals surface area contributed by atoms with Gasteiger partial charge in [-0.1, -0.05) is 54.3 Å². The highest BCUT2D eigenvalue weighted by molar-refractivity contribution is 8.26. The van der Waals surface area contributed by atoms with Crippen LogP contribution in [0.3, 0.4) is 0 Å². The second-order valence-electron chi connectivity index (χ2n) is 6.79. The molecule has 0 unspecified atom stereocenters. The quantitative estimate of drug-likeness (QED) is 0.320. The maximum Gasteiger partial charge on any atom is 0.339 e. The Kier molecular flexibility index (Phi) is 6.00. The summed E-state index contributed by atoms with van der Waals surface area (Å²) in [7, 11) is -4.18. The normalized spacial score (nSPS) is 15.1. The SMILES string of the molecule is CC(=O)Nc1ccc(S(=O)(=O)Oc2ccc3ccccc3c2/C=C2/SC(=S)NC2=O)cc1. The van der Waals surface area contributed by atoms with Crippen molar-refractivity contribution < 1.29 is 22.2 Å². The van der Waals surface area contributed by atoms with Gasteiger partial charge in [-0.15, -0.1) is 0 Å². The van der Waals surface area contributed by atoms with Gasteiger partial charge in [0.05, 0.1) is 4.91 Å². The first-order valence-electron chi connectivity index (χ1n) is 9.32. The Hall–Kier alpha value is -3.21. The number of nitrogens with one attached hydrogen (secondary N) is 2. The lowest BCUT2D eigenvalue weighted by Crippen LogP contribution is -2.17. The number of carbonyl (C=O) groups excluding carboxylic acids is 2. The highest BCUT2D eigenvalue weighted by atomic mass is 32.2. The Morgan fingerprint density at radius 3 is 2.47 bits per heavy atom. The molecule has 1 heterocycles. The summed E-state index contributed by atoms with van der Waals surface area (Å²) in [5.41, 5.74) is 0.914. The van der Waals surface area contributed by atoms with E-state index < -0.39 is 10.1 Å². The molecule has 7 nitrogen and oxygen atoms in total. The molecule has 1 aliphatic heterocycles. The summed E-state index contributed by atoms with van der Waals surface area (Å²) < 4.78 is 31.7. The number of rotatable bonds is 5. The van der Waals surface area contributed by atoms with Gasteiger partial charge in [-0.05, 0) is 47.2 Å². The van der Waals surface area contributed by atoms with Gasteiger partial charge in [0, 0.05) is 18.2 Å². The van der Waals surface area contributed by atoms with Crippen molar-refractivity contribution in [3.8, 4) is 5.75 Å². The number of thiocarbonyl (C=S) groups is 1. The van der Waals surface area contributed by atoms with E-state index in [0.29, 0.717) is 20.5 Å². The van der Waals surface area contributed by atoms with Crippen molar-refractivity contribution >= 4 is 72.8 Å². The molecule has 0 spiro atoms. The van der Waals surface area contributed by atoms with E-state index in [1.54, 1.807) is 18.2 Å². The molecule has 0 aliphatic carbocycles. The van der Waals surface area contributed by atoms with E-state index in [-0.39, 0.29) is 22.5 Å². The van der Waals surface area contributed by atoms with E-state index in [4.69, 9.17) is 16.4 Å². The van der Waals surface area contributed by atoms with E-state index in [1.165, 1.54) is 31.2 Å². The molecule has 1 aliphatic rings. The molecule has 3 aromatic carbocycles. The molecule has 10 heteroatoms. The van der Waals surface area contributed by atoms with Crippen LogP contribution in [-0.2, 0) is 19.7 Å². The van der Waals surface area contributed by atoms with Gasteiger partial charge >= 0.3 is 10.1 Å². The molecular weight excluding hydrogens is 468 g/mol. The van der Waals surface area contributed by atoms with Crippen LogP contribution in [0.5, 0.6) is 5.75 Å². The van der Waals surface area contributed by atoms with Crippen LogP contribution >= 0.6 is 24.0 Å². The topological polar surface area (TPSA) is 102 Å².